The van der Waals surface area contributed by atoms with Crippen LogP contribution in [0.15, 0.2) is 73.2 Å². The Kier molecular flexibility index (Phi) is 4.33. The second-order valence-electron chi connectivity index (χ2n) is 7.40. The van der Waals surface area contributed by atoms with Crippen LogP contribution in [0.3, 0.4) is 0 Å². The Balaban J connectivity index is 1.36. The predicted molar refractivity (Wildman–Crippen MR) is 114 cm³/mol. The Hall–Kier alpha value is -3.51. The van der Waals surface area contributed by atoms with Gasteiger partial charge >= 0.3 is 0 Å². The molecule has 0 bridgehead atoms. The number of hydrogen-bond acceptors (Lipinski definition) is 4. The molecule has 0 fully saturated rings. The van der Waals surface area contributed by atoms with Crippen molar-refractivity contribution in [1.82, 2.24) is 29.0 Å². The molecular formula is C23H22N6. The van der Waals surface area contributed by atoms with Crippen molar-refractivity contribution in [1.29, 1.82) is 0 Å². The van der Waals surface area contributed by atoms with Crippen LogP contribution in [0.25, 0.3) is 27.8 Å². The maximum Gasteiger partial charge on any atom is 0.162 e. The topological polar surface area (TPSA) is 51.3 Å². The van der Waals surface area contributed by atoms with Gasteiger partial charge in [0.25, 0.3) is 0 Å². The van der Waals surface area contributed by atoms with E-state index < -0.39 is 0 Å². The van der Waals surface area contributed by atoms with E-state index in [0.717, 1.165) is 52.3 Å². The monoisotopic (exact) mass is 382 g/mol. The maximum atomic E-state index is 4.77. The summed E-state index contributed by atoms with van der Waals surface area (Å²) < 4.78 is 4.02. The van der Waals surface area contributed by atoms with Crippen LogP contribution in [0, 0.1) is 0 Å². The molecule has 6 heteroatoms. The van der Waals surface area contributed by atoms with Gasteiger partial charge in [0.2, 0.25) is 0 Å². The first kappa shape index (κ1) is 17.6. The summed E-state index contributed by atoms with van der Waals surface area (Å²) in [6.07, 6.45) is 5.87. The molecule has 0 spiro atoms. The number of aryl methyl sites for hydroxylation is 1. The SMILES string of the molecule is CN(Cc1cnc2c(-c3ccccc3)cnn2c1)Cc1nc2ccccc2n1C. The average molecular weight is 382 g/mol. The highest BCUT2D eigenvalue weighted by atomic mass is 15.2. The van der Waals surface area contributed by atoms with E-state index in [2.05, 4.69) is 64.1 Å². The Bertz CT molecular complexity index is 1280. The summed E-state index contributed by atoms with van der Waals surface area (Å²) >= 11 is 0. The standard InChI is InChI=1S/C23H22N6/c1-27(16-22-26-20-10-6-7-11-21(20)28(22)2)14-17-12-24-23-19(13-25-29(23)15-17)18-8-4-3-5-9-18/h3-13,15H,14,16H2,1-2H3. The highest BCUT2D eigenvalue weighted by molar-refractivity contribution is 5.77. The highest BCUT2D eigenvalue weighted by Gasteiger charge is 2.12. The largest absolute Gasteiger partial charge is 0.330 e. The lowest BCUT2D eigenvalue weighted by molar-refractivity contribution is 0.307. The number of hydrogen-bond donors (Lipinski definition) is 0. The minimum absolute atomic E-state index is 0.761. The zero-order chi connectivity index (χ0) is 19.8. The van der Waals surface area contributed by atoms with E-state index >= 15 is 0 Å². The lowest BCUT2D eigenvalue weighted by Gasteiger charge is -2.16. The fourth-order valence-electron chi connectivity index (χ4n) is 3.76. The van der Waals surface area contributed by atoms with Crippen molar-refractivity contribution in [2.45, 2.75) is 13.1 Å². The van der Waals surface area contributed by atoms with E-state index in [9.17, 15) is 0 Å². The van der Waals surface area contributed by atoms with Crippen molar-refractivity contribution < 1.29 is 0 Å². The first-order valence-electron chi connectivity index (χ1n) is 9.65. The van der Waals surface area contributed by atoms with E-state index in [-0.39, 0.29) is 0 Å². The van der Waals surface area contributed by atoms with Crippen LogP contribution in [-0.4, -0.2) is 36.1 Å². The summed E-state index contributed by atoms with van der Waals surface area (Å²) in [7, 11) is 4.17. The molecule has 0 amide bonds. The quantitative estimate of drug-likeness (QED) is 0.462. The van der Waals surface area contributed by atoms with E-state index in [4.69, 9.17) is 4.98 Å². The molecule has 144 valence electrons. The van der Waals surface area contributed by atoms with Gasteiger partial charge in [-0.15, -0.1) is 0 Å². The lowest BCUT2D eigenvalue weighted by Crippen LogP contribution is -2.20. The van der Waals surface area contributed by atoms with Crippen molar-refractivity contribution in [3.63, 3.8) is 0 Å². The third-order valence-electron chi connectivity index (χ3n) is 5.24. The third-order valence-corrected chi connectivity index (χ3v) is 5.24. The van der Waals surface area contributed by atoms with Gasteiger partial charge in [0.15, 0.2) is 5.65 Å². The Morgan fingerprint density at radius 1 is 0.931 bits per heavy atom. The van der Waals surface area contributed by atoms with Gasteiger partial charge in [-0.2, -0.15) is 5.10 Å². The summed E-state index contributed by atoms with van der Waals surface area (Å²) in [5, 5.41) is 4.51. The Labute approximate surface area is 169 Å². The fourth-order valence-corrected chi connectivity index (χ4v) is 3.76. The molecule has 0 aliphatic carbocycles. The van der Waals surface area contributed by atoms with Crippen LogP contribution in [0.1, 0.15) is 11.4 Å². The zero-order valence-corrected chi connectivity index (χ0v) is 16.5. The maximum absolute atomic E-state index is 4.77. The molecule has 0 N–H and O–H groups in total. The smallest absolute Gasteiger partial charge is 0.162 e. The number of aromatic nitrogens is 5. The van der Waals surface area contributed by atoms with Crippen LogP contribution in [-0.2, 0) is 20.1 Å². The summed E-state index contributed by atoms with van der Waals surface area (Å²) in [4.78, 5) is 11.7. The summed E-state index contributed by atoms with van der Waals surface area (Å²) in [6, 6.07) is 18.5. The predicted octanol–water partition coefficient (Wildman–Crippen LogP) is 3.92. The Morgan fingerprint density at radius 3 is 2.55 bits per heavy atom. The molecule has 0 aliphatic rings. The number of imidazole rings is 1. The van der Waals surface area contributed by atoms with E-state index in [1.807, 2.05) is 47.2 Å². The van der Waals surface area contributed by atoms with E-state index in [1.54, 1.807) is 0 Å². The fraction of sp³-hybridized carbons (Fsp3) is 0.174. The first-order valence-corrected chi connectivity index (χ1v) is 9.65. The van der Waals surface area contributed by atoms with Crippen LogP contribution < -0.4 is 0 Å². The summed E-state index contributed by atoms with van der Waals surface area (Å²) in [6.45, 7) is 1.53. The number of nitrogens with zero attached hydrogens (tertiary/aromatic N) is 6. The van der Waals surface area contributed by atoms with Gasteiger partial charge in [-0.05, 0) is 24.7 Å². The molecule has 0 aliphatic heterocycles. The zero-order valence-electron chi connectivity index (χ0n) is 16.5. The van der Waals surface area contributed by atoms with Crippen LogP contribution >= 0.6 is 0 Å². The highest BCUT2D eigenvalue weighted by Crippen LogP contribution is 2.23. The molecule has 3 aromatic heterocycles. The van der Waals surface area contributed by atoms with E-state index in [1.165, 1.54) is 0 Å². The van der Waals surface area contributed by atoms with E-state index in [0.29, 0.717) is 0 Å². The minimum atomic E-state index is 0.761. The second-order valence-corrected chi connectivity index (χ2v) is 7.40. The van der Waals surface area contributed by atoms with Gasteiger partial charge in [-0.3, -0.25) is 4.90 Å². The van der Waals surface area contributed by atoms with Gasteiger partial charge in [-0.1, -0.05) is 42.5 Å². The molecule has 0 atom stereocenters. The molecule has 0 saturated carbocycles. The number of fused-ring (bicyclic) bond motifs is 2. The average Bonchev–Trinajstić information content (AvgIpc) is 3.30. The number of benzene rings is 2. The number of rotatable bonds is 5. The lowest BCUT2D eigenvalue weighted by atomic mass is 10.1. The van der Waals surface area contributed by atoms with Gasteiger partial charge < -0.3 is 4.57 Å². The third kappa shape index (κ3) is 3.28. The molecule has 2 aromatic carbocycles. The molecular weight excluding hydrogens is 360 g/mol. The summed E-state index contributed by atoms with van der Waals surface area (Å²) in [5.74, 6) is 1.05. The van der Waals surface area contributed by atoms with Crippen molar-refractivity contribution in [2.24, 2.45) is 7.05 Å². The molecule has 0 saturated heterocycles. The van der Waals surface area contributed by atoms with Crippen molar-refractivity contribution in [3.8, 4) is 11.1 Å². The van der Waals surface area contributed by atoms with Crippen molar-refractivity contribution in [2.75, 3.05) is 7.05 Å². The van der Waals surface area contributed by atoms with Gasteiger partial charge in [0.1, 0.15) is 5.82 Å². The molecule has 3 heterocycles. The van der Waals surface area contributed by atoms with Crippen molar-refractivity contribution in [3.05, 3.63) is 84.6 Å². The molecule has 0 unspecified atom stereocenters. The van der Waals surface area contributed by atoms with Gasteiger partial charge in [0, 0.05) is 37.1 Å². The summed E-state index contributed by atoms with van der Waals surface area (Å²) in [5.41, 5.74) is 6.35. The number of para-hydroxylation sites is 2. The Morgan fingerprint density at radius 2 is 1.72 bits per heavy atom. The van der Waals surface area contributed by atoms with Gasteiger partial charge in [-0.25, -0.2) is 14.5 Å². The molecule has 0 radical (unpaired) electrons. The second kappa shape index (κ2) is 7.14. The van der Waals surface area contributed by atoms with Crippen LogP contribution in [0.4, 0.5) is 0 Å². The molecule has 5 rings (SSSR count). The van der Waals surface area contributed by atoms with Crippen LogP contribution in [0.5, 0.6) is 0 Å². The minimum Gasteiger partial charge on any atom is -0.330 e. The van der Waals surface area contributed by atoms with Gasteiger partial charge in [0.05, 0.1) is 23.8 Å². The molecule has 5 aromatic rings. The molecule has 6 nitrogen and oxygen atoms in total. The van der Waals surface area contributed by atoms with Crippen molar-refractivity contribution >= 4 is 16.7 Å². The molecule has 29 heavy (non-hydrogen) atoms. The first-order chi connectivity index (χ1) is 14.2. The normalized spacial score (nSPS) is 11.7. The van der Waals surface area contributed by atoms with Crippen LogP contribution in [0.2, 0.25) is 0 Å².